The first-order chi connectivity index (χ1) is 11.1. The molecular formula is C15H20N6O2. The number of hydrogen-bond acceptors (Lipinski definition) is 7. The number of nitrogens with two attached hydrogens (primary N) is 2. The first-order valence-electron chi connectivity index (χ1n) is 7.25. The van der Waals surface area contributed by atoms with Crippen LogP contribution in [0.4, 0.5) is 5.95 Å². The zero-order chi connectivity index (χ0) is 16.4. The fraction of sp³-hybridized carbons (Fsp3) is 0.333. The Morgan fingerprint density at radius 3 is 2.65 bits per heavy atom. The molecule has 2 heterocycles. The number of methoxy groups -OCH3 is 2. The van der Waals surface area contributed by atoms with Gasteiger partial charge in [-0.05, 0) is 24.1 Å². The summed E-state index contributed by atoms with van der Waals surface area (Å²) in [7, 11) is 3.25. The molecule has 2 aromatic rings. The molecular weight excluding hydrogens is 296 g/mol. The third-order valence-electron chi connectivity index (χ3n) is 3.88. The molecule has 0 spiro atoms. The Morgan fingerprint density at radius 2 is 1.91 bits per heavy atom. The topological polar surface area (TPSA) is 104 Å². The molecule has 0 radical (unpaired) electrons. The average molecular weight is 316 g/mol. The Balaban J connectivity index is 1.70. The minimum Gasteiger partial charge on any atom is -0.493 e. The summed E-state index contributed by atoms with van der Waals surface area (Å²) in [6.45, 7) is 0.736. The van der Waals surface area contributed by atoms with Gasteiger partial charge in [-0.1, -0.05) is 6.07 Å². The van der Waals surface area contributed by atoms with E-state index in [0.29, 0.717) is 11.8 Å². The Bertz CT molecular complexity index is 727. The van der Waals surface area contributed by atoms with Crippen LogP contribution in [0.25, 0.3) is 6.20 Å². The maximum atomic E-state index is 6.22. The van der Waals surface area contributed by atoms with Gasteiger partial charge in [0.15, 0.2) is 17.3 Å². The first kappa shape index (κ1) is 15.2. The largest absolute Gasteiger partial charge is 0.493 e. The third kappa shape index (κ3) is 2.80. The molecule has 1 aliphatic heterocycles. The third-order valence-corrected chi connectivity index (χ3v) is 3.88. The first-order valence-corrected chi connectivity index (χ1v) is 7.25. The van der Waals surface area contributed by atoms with Crippen molar-refractivity contribution in [3.05, 3.63) is 35.8 Å². The molecule has 0 saturated carbocycles. The molecule has 0 saturated heterocycles. The minimum atomic E-state index is -0.370. The van der Waals surface area contributed by atoms with E-state index in [2.05, 4.69) is 10.2 Å². The van der Waals surface area contributed by atoms with E-state index >= 15 is 0 Å². The van der Waals surface area contributed by atoms with Crippen molar-refractivity contribution in [2.24, 2.45) is 5.73 Å². The molecule has 1 aliphatic rings. The standard InChI is InChI=1S/C15H20N6O2/c1-22-11-4-3-10(9-12(11)23-2)5-6-20-7-8-21-14(13(20)16)18-19-15(21)17/h3-4,7-9,13H,5-6,16H2,1-2H3,(H2,17,19). The van der Waals surface area contributed by atoms with Crippen molar-refractivity contribution in [2.75, 3.05) is 26.5 Å². The van der Waals surface area contributed by atoms with Crippen LogP contribution in [0.15, 0.2) is 24.4 Å². The quantitative estimate of drug-likeness (QED) is 0.841. The van der Waals surface area contributed by atoms with Crippen LogP contribution < -0.4 is 20.9 Å². The lowest BCUT2D eigenvalue weighted by molar-refractivity contribution is 0.269. The van der Waals surface area contributed by atoms with E-state index in [0.717, 1.165) is 30.0 Å². The molecule has 1 aromatic carbocycles. The molecule has 122 valence electrons. The highest BCUT2D eigenvalue weighted by Gasteiger charge is 2.23. The molecule has 8 nitrogen and oxygen atoms in total. The highest BCUT2D eigenvalue weighted by molar-refractivity contribution is 5.43. The van der Waals surface area contributed by atoms with E-state index in [9.17, 15) is 0 Å². The Morgan fingerprint density at radius 1 is 1.13 bits per heavy atom. The highest BCUT2D eigenvalue weighted by Crippen LogP contribution is 2.28. The van der Waals surface area contributed by atoms with Gasteiger partial charge in [0.05, 0.1) is 14.2 Å². The van der Waals surface area contributed by atoms with E-state index < -0.39 is 0 Å². The summed E-state index contributed by atoms with van der Waals surface area (Å²) in [6, 6.07) is 5.89. The van der Waals surface area contributed by atoms with Gasteiger partial charge in [-0.3, -0.25) is 4.57 Å². The van der Waals surface area contributed by atoms with E-state index in [-0.39, 0.29) is 6.17 Å². The van der Waals surface area contributed by atoms with Crippen molar-refractivity contribution in [1.29, 1.82) is 0 Å². The second-order valence-corrected chi connectivity index (χ2v) is 5.21. The van der Waals surface area contributed by atoms with Crippen LogP contribution in [-0.2, 0) is 6.42 Å². The fourth-order valence-corrected chi connectivity index (χ4v) is 2.57. The molecule has 0 fully saturated rings. The van der Waals surface area contributed by atoms with Crippen molar-refractivity contribution in [1.82, 2.24) is 19.7 Å². The maximum absolute atomic E-state index is 6.22. The van der Waals surface area contributed by atoms with Gasteiger partial charge in [0.1, 0.15) is 6.17 Å². The summed E-state index contributed by atoms with van der Waals surface area (Å²) < 4.78 is 12.3. The van der Waals surface area contributed by atoms with Gasteiger partial charge in [-0.2, -0.15) is 0 Å². The van der Waals surface area contributed by atoms with Gasteiger partial charge in [-0.15, -0.1) is 10.2 Å². The molecule has 1 atom stereocenters. The Labute approximate surface area is 134 Å². The molecule has 1 unspecified atom stereocenters. The lowest BCUT2D eigenvalue weighted by Gasteiger charge is -2.30. The summed E-state index contributed by atoms with van der Waals surface area (Å²) in [5.41, 5.74) is 13.1. The molecule has 23 heavy (non-hydrogen) atoms. The van der Waals surface area contributed by atoms with E-state index in [4.69, 9.17) is 20.9 Å². The van der Waals surface area contributed by atoms with Gasteiger partial charge in [0.2, 0.25) is 5.95 Å². The maximum Gasteiger partial charge on any atom is 0.226 e. The predicted molar refractivity (Wildman–Crippen MR) is 86.6 cm³/mol. The average Bonchev–Trinajstić information content (AvgIpc) is 2.96. The van der Waals surface area contributed by atoms with E-state index in [1.165, 1.54) is 0 Å². The molecule has 0 aliphatic carbocycles. The van der Waals surface area contributed by atoms with Gasteiger partial charge < -0.3 is 25.8 Å². The van der Waals surface area contributed by atoms with Crippen LogP contribution in [0.1, 0.15) is 17.6 Å². The number of nitrogens with zero attached hydrogens (tertiary/aromatic N) is 4. The van der Waals surface area contributed by atoms with Crippen LogP contribution in [0.5, 0.6) is 11.5 Å². The van der Waals surface area contributed by atoms with Crippen LogP contribution in [0.3, 0.4) is 0 Å². The van der Waals surface area contributed by atoms with Crippen molar-refractivity contribution in [3.63, 3.8) is 0 Å². The zero-order valence-electron chi connectivity index (χ0n) is 13.1. The molecule has 1 aromatic heterocycles. The van der Waals surface area contributed by atoms with Gasteiger partial charge in [-0.25, -0.2) is 0 Å². The summed E-state index contributed by atoms with van der Waals surface area (Å²) in [6.07, 6.45) is 4.16. The monoisotopic (exact) mass is 316 g/mol. The summed E-state index contributed by atoms with van der Waals surface area (Å²) in [5.74, 6) is 2.41. The SMILES string of the molecule is COc1ccc(CCN2C=Cn3c(N)nnc3C2N)cc1OC. The number of benzene rings is 1. The van der Waals surface area contributed by atoms with E-state index in [1.54, 1.807) is 18.8 Å². The van der Waals surface area contributed by atoms with Gasteiger partial charge in [0.25, 0.3) is 0 Å². The summed E-state index contributed by atoms with van der Waals surface area (Å²) in [5, 5.41) is 7.87. The zero-order valence-corrected chi connectivity index (χ0v) is 13.1. The van der Waals surface area contributed by atoms with Crippen molar-refractivity contribution < 1.29 is 9.47 Å². The summed E-state index contributed by atoms with van der Waals surface area (Å²) in [4.78, 5) is 2.00. The molecule has 0 bridgehead atoms. The molecule has 3 rings (SSSR count). The van der Waals surface area contributed by atoms with Crippen molar-refractivity contribution in [2.45, 2.75) is 12.6 Å². The Hall–Kier alpha value is -2.74. The number of rotatable bonds is 5. The lowest BCUT2D eigenvalue weighted by atomic mass is 10.1. The predicted octanol–water partition coefficient (Wildman–Crippen LogP) is 0.821. The molecule has 0 amide bonds. The normalized spacial score (nSPS) is 16.3. The van der Waals surface area contributed by atoms with E-state index in [1.807, 2.05) is 35.5 Å². The number of ether oxygens (including phenoxy) is 2. The molecule has 4 N–H and O–H groups in total. The van der Waals surface area contributed by atoms with Crippen molar-refractivity contribution in [3.8, 4) is 11.5 Å². The molecule has 8 heteroatoms. The van der Waals surface area contributed by atoms with Gasteiger partial charge in [0, 0.05) is 18.9 Å². The smallest absolute Gasteiger partial charge is 0.226 e. The highest BCUT2D eigenvalue weighted by atomic mass is 16.5. The van der Waals surface area contributed by atoms with Crippen LogP contribution in [0, 0.1) is 0 Å². The minimum absolute atomic E-state index is 0.339. The second-order valence-electron chi connectivity index (χ2n) is 5.21. The van der Waals surface area contributed by atoms with Crippen molar-refractivity contribution >= 4 is 12.1 Å². The van der Waals surface area contributed by atoms with Gasteiger partial charge >= 0.3 is 0 Å². The van der Waals surface area contributed by atoms with Crippen LogP contribution in [-0.4, -0.2) is 40.4 Å². The van der Waals surface area contributed by atoms with Crippen LogP contribution >= 0.6 is 0 Å². The second kappa shape index (κ2) is 6.17. The number of aromatic nitrogens is 3. The lowest BCUT2D eigenvalue weighted by Crippen LogP contribution is -2.36. The summed E-state index contributed by atoms with van der Waals surface area (Å²) >= 11 is 0. The fourth-order valence-electron chi connectivity index (χ4n) is 2.57. The number of nitrogen functional groups attached to an aromatic ring is 1. The van der Waals surface area contributed by atoms with Crippen LogP contribution in [0.2, 0.25) is 0 Å². The number of hydrogen-bond donors (Lipinski definition) is 2. The Kier molecular flexibility index (Phi) is 4.07. The number of anilines is 1. The number of fused-ring (bicyclic) bond motifs is 1.